The second kappa shape index (κ2) is 14.1. The van der Waals surface area contributed by atoms with Crippen molar-refractivity contribution < 1.29 is 32.2 Å². The molecule has 0 aliphatic carbocycles. The number of hydrazone groups is 1. The van der Waals surface area contributed by atoms with E-state index in [1.807, 2.05) is 13.8 Å². The van der Waals surface area contributed by atoms with Gasteiger partial charge in [0.2, 0.25) is 0 Å². The van der Waals surface area contributed by atoms with E-state index >= 15 is 0 Å². The second-order valence-corrected chi connectivity index (χ2v) is 11.1. The highest BCUT2D eigenvalue weighted by Gasteiger charge is 2.15. The number of nitrogens with zero attached hydrogens (tertiary/aromatic N) is 1. The van der Waals surface area contributed by atoms with Gasteiger partial charge in [-0.1, -0.05) is 24.6 Å². The van der Waals surface area contributed by atoms with Crippen LogP contribution in [-0.4, -0.2) is 40.2 Å². The van der Waals surface area contributed by atoms with Gasteiger partial charge in [-0.3, -0.25) is 9.52 Å². The molecule has 0 aliphatic heterocycles. The van der Waals surface area contributed by atoms with Crippen LogP contribution in [0.1, 0.15) is 45.2 Å². The number of ether oxygens (including phenoxy) is 3. The minimum Gasteiger partial charge on any atom is -0.494 e. The van der Waals surface area contributed by atoms with Crippen LogP contribution in [0.3, 0.4) is 0 Å². The summed E-state index contributed by atoms with van der Waals surface area (Å²) < 4.78 is 44.1. The van der Waals surface area contributed by atoms with E-state index in [0.29, 0.717) is 34.9 Å². The van der Waals surface area contributed by atoms with Crippen molar-refractivity contribution in [3.63, 3.8) is 0 Å². The third-order valence-corrected chi connectivity index (χ3v) is 7.46. The van der Waals surface area contributed by atoms with E-state index in [4.69, 9.17) is 14.2 Å². The number of esters is 1. The smallest absolute Gasteiger partial charge is 0.343 e. The van der Waals surface area contributed by atoms with E-state index in [-0.39, 0.29) is 16.2 Å². The molecular weight excluding hydrogens is 570 g/mol. The maximum Gasteiger partial charge on any atom is 0.343 e. The third-order valence-electron chi connectivity index (χ3n) is 6.06. The van der Waals surface area contributed by atoms with Gasteiger partial charge in [-0.05, 0) is 97.8 Å². The fraction of sp³-hybridized carbons (Fsp3) is 0.156. The average molecular weight is 602 g/mol. The molecule has 0 aromatic heterocycles. The van der Waals surface area contributed by atoms with Crippen LogP contribution in [0.4, 0.5) is 5.69 Å². The summed E-state index contributed by atoms with van der Waals surface area (Å²) in [6, 6.07) is 23.9. The molecule has 2 N–H and O–H groups in total. The van der Waals surface area contributed by atoms with E-state index in [2.05, 4.69) is 15.2 Å². The van der Waals surface area contributed by atoms with Crippen molar-refractivity contribution in [2.75, 3.05) is 18.4 Å². The Kier molecular flexibility index (Phi) is 10.1. The van der Waals surface area contributed by atoms with Crippen LogP contribution in [-0.2, 0) is 10.0 Å². The molecule has 4 aromatic carbocycles. The molecular formula is C32H31N3O7S. The number of rotatable bonds is 12. The van der Waals surface area contributed by atoms with Crippen LogP contribution in [0.2, 0.25) is 0 Å². The second-order valence-electron chi connectivity index (χ2n) is 9.37. The fourth-order valence-electron chi connectivity index (χ4n) is 3.77. The lowest BCUT2D eigenvalue weighted by atomic mass is 10.2. The Balaban J connectivity index is 1.33. The SMILES string of the molecule is CCCOc1ccc(C(=O)Oc2ccc(C=NNC(=O)c3ccc(NS(=O)(=O)c4ccc(C)cc4)cc3)cc2OC)cc1. The molecule has 0 saturated carbocycles. The zero-order valence-electron chi connectivity index (χ0n) is 23.9. The van der Waals surface area contributed by atoms with Gasteiger partial charge in [-0.15, -0.1) is 0 Å². The summed E-state index contributed by atoms with van der Waals surface area (Å²) in [4.78, 5) is 25.3. The lowest BCUT2D eigenvalue weighted by Gasteiger charge is -2.10. The number of aryl methyl sites for hydroxylation is 1. The molecule has 0 unspecified atom stereocenters. The molecule has 4 rings (SSSR count). The highest BCUT2D eigenvalue weighted by Crippen LogP contribution is 2.28. The molecule has 0 aliphatic rings. The van der Waals surface area contributed by atoms with Crippen LogP contribution < -0.4 is 24.4 Å². The molecule has 0 radical (unpaired) electrons. The maximum absolute atomic E-state index is 12.6. The molecule has 10 nitrogen and oxygen atoms in total. The predicted molar refractivity (Wildman–Crippen MR) is 164 cm³/mol. The van der Waals surface area contributed by atoms with Crippen molar-refractivity contribution in [2.45, 2.75) is 25.2 Å². The Morgan fingerprint density at radius 1 is 0.860 bits per heavy atom. The van der Waals surface area contributed by atoms with E-state index in [0.717, 1.165) is 12.0 Å². The lowest BCUT2D eigenvalue weighted by Crippen LogP contribution is -2.18. The van der Waals surface area contributed by atoms with Gasteiger partial charge < -0.3 is 14.2 Å². The summed E-state index contributed by atoms with van der Waals surface area (Å²) in [5.41, 5.74) is 4.90. The topological polar surface area (TPSA) is 132 Å². The summed E-state index contributed by atoms with van der Waals surface area (Å²) in [7, 11) is -2.31. The van der Waals surface area contributed by atoms with E-state index in [1.54, 1.807) is 54.6 Å². The molecule has 0 atom stereocenters. The Morgan fingerprint density at radius 3 is 2.19 bits per heavy atom. The van der Waals surface area contributed by atoms with Crippen LogP contribution in [0.5, 0.6) is 17.2 Å². The molecule has 0 fully saturated rings. The summed E-state index contributed by atoms with van der Waals surface area (Å²) in [6.45, 7) is 4.47. The number of benzene rings is 4. The molecule has 4 aromatic rings. The lowest BCUT2D eigenvalue weighted by molar-refractivity contribution is 0.0729. The van der Waals surface area contributed by atoms with Gasteiger partial charge in [0.25, 0.3) is 15.9 Å². The molecule has 0 heterocycles. The molecule has 0 saturated heterocycles. The third kappa shape index (κ3) is 8.43. The summed E-state index contributed by atoms with van der Waals surface area (Å²) >= 11 is 0. The number of hydrogen-bond donors (Lipinski definition) is 2. The van der Waals surface area contributed by atoms with E-state index in [1.165, 1.54) is 49.7 Å². The van der Waals surface area contributed by atoms with Crippen molar-refractivity contribution in [2.24, 2.45) is 5.10 Å². The van der Waals surface area contributed by atoms with Crippen molar-refractivity contribution in [1.82, 2.24) is 5.43 Å². The fourth-order valence-corrected chi connectivity index (χ4v) is 4.82. The predicted octanol–water partition coefficient (Wildman–Crippen LogP) is 5.58. The van der Waals surface area contributed by atoms with E-state index < -0.39 is 21.9 Å². The maximum atomic E-state index is 12.6. The van der Waals surface area contributed by atoms with Crippen molar-refractivity contribution in [3.05, 3.63) is 113 Å². The van der Waals surface area contributed by atoms with Crippen LogP contribution in [0.15, 0.2) is 101 Å². The Hall–Kier alpha value is -5.16. The van der Waals surface area contributed by atoms with Crippen molar-refractivity contribution >= 4 is 33.8 Å². The number of methoxy groups -OCH3 is 1. The largest absolute Gasteiger partial charge is 0.494 e. The average Bonchev–Trinajstić information content (AvgIpc) is 3.01. The summed E-state index contributed by atoms with van der Waals surface area (Å²) in [6.07, 6.45) is 2.29. The monoisotopic (exact) mass is 601 g/mol. The Bertz CT molecular complexity index is 1700. The van der Waals surface area contributed by atoms with Crippen molar-refractivity contribution in [3.8, 4) is 17.2 Å². The first kappa shape index (κ1) is 30.8. The first-order valence-electron chi connectivity index (χ1n) is 13.3. The minimum absolute atomic E-state index is 0.139. The van der Waals surface area contributed by atoms with Crippen molar-refractivity contribution in [1.29, 1.82) is 0 Å². The van der Waals surface area contributed by atoms with Gasteiger partial charge in [0.15, 0.2) is 11.5 Å². The first-order chi connectivity index (χ1) is 20.7. The first-order valence-corrected chi connectivity index (χ1v) is 14.8. The number of hydrogen-bond acceptors (Lipinski definition) is 8. The van der Waals surface area contributed by atoms with E-state index in [9.17, 15) is 18.0 Å². The highest BCUT2D eigenvalue weighted by atomic mass is 32.2. The zero-order valence-corrected chi connectivity index (χ0v) is 24.7. The van der Waals surface area contributed by atoms with Gasteiger partial charge in [0, 0.05) is 11.3 Å². The van der Waals surface area contributed by atoms with Gasteiger partial charge in [0.1, 0.15) is 5.75 Å². The number of sulfonamides is 1. The Morgan fingerprint density at radius 2 is 1.53 bits per heavy atom. The molecule has 222 valence electrons. The Labute approximate surface area is 250 Å². The number of amides is 1. The highest BCUT2D eigenvalue weighted by molar-refractivity contribution is 7.92. The summed E-state index contributed by atoms with van der Waals surface area (Å²) in [5.74, 6) is 0.147. The van der Waals surface area contributed by atoms with Crippen LogP contribution in [0, 0.1) is 6.92 Å². The minimum atomic E-state index is -3.76. The number of nitrogens with one attached hydrogen (secondary N) is 2. The molecule has 1 amide bonds. The number of carbonyl (C=O) groups excluding carboxylic acids is 2. The number of carbonyl (C=O) groups is 2. The summed E-state index contributed by atoms with van der Waals surface area (Å²) in [5, 5.41) is 3.98. The quantitative estimate of drug-likeness (QED) is 0.0938. The van der Waals surface area contributed by atoms with Gasteiger partial charge in [0.05, 0.1) is 30.4 Å². The van der Waals surface area contributed by atoms with Gasteiger partial charge in [-0.2, -0.15) is 5.10 Å². The zero-order chi connectivity index (χ0) is 30.8. The normalized spacial score (nSPS) is 11.1. The molecule has 0 spiro atoms. The van der Waals surface area contributed by atoms with Gasteiger partial charge >= 0.3 is 5.97 Å². The molecule has 0 bridgehead atoms. The number of anilines is 1. The van der Waals surface area contributed by atoms with Crippen LogP contribution >= 0.6 is 0 Å². The molecule has 11 heteroatoms. The van der Waals surface area contributed by atoms with Crippen LogP contribution in [0.25, 0.3) is 0 Å². The van der Waals surface area contributed by atoms with Gasteiger partial charge in [-0.25, -0.2) is 18.6 Å². The standard InChI is InChI=1S/C32H31N3O7S/c1-4-19-41-27-14-10-25(11-15-27)32(37)42-29-18-7-23(20-30(29)40-3)21-33-34-31(36)24-8-12-26(13-9-24)35-43(38,39)28-16-5-22(2)6-17-28/h5-18,20-21,35H,4,19H2,1-3H3,(H,34,36). The molecule has 43 heavy (non-hydrogen) atoms.